The van der Waals surface area contributed by atoms with E-state index in [2.05, 4.69) is 48.5 Å². The second kappa shape index (κ2) is 8.22. The second-order valence-corrected chi connectivity index (χ2v) is 14.8. The molecule has 1 heterocycles. The van der Waals surface area contributed by atoms with Crippen LogP contribution in [0.3, 0.4) is 0 Å². The molecular weight excluding hydrogens is 420 g/mol. The quantitative estimate of drug-likeness (QED) is 0.292. The Bertz CT molecular complexity index is 802. The first-order valence-electron chi connectivity index (χ1n) is 14.7. The Labute approximate surface area is 209 Å². The summed E-state index contributed by atoms with van der Waals surface area (Å²) in [6, 6.07) is 0. The molecule has 34 heavy (non-hydrogen) atoms. The Morgan fingerprint density at radius 1 is 0.971 bits per heavy atom. The molecule has 5 aliphatic rings. The smallest absolute Gasteiger partial charge is 0.302 e. The Morgan fingerprint density at radius 3 is 2.38 bits per heavy atom. The Hall–Kier alpha value is -0.570. The number of epoxide rings is 1. The molecule has 0 N–H and O–H groups in total. The zero-order chi connectivity index (χ0) is 24.7. The number of hydrogen-bond acceptors (Lipinski definition) is 3. The first-order valence-corrected chi connectivity index (χ1v) is 14.7. The number of ether oxygens (including phenoxy) is 2. The van der Waals surface area contributed by atoms with Crippen LogP contribution in [-0.4, -0.2) is 23.8 Å². The number of rotatable bonds is 6. The normalized spacial score (nSPS) is 49.4. The van der Waals surface area contributed by atoms with Gasteiger partial charge in [0.15, 0.2) is 0 Å². The van der Waals surface area contributed by atoms with Crippen molar-refractivity contribution in [1.82, 2.24) is 0 Å². The minimum Gasteiger partial charge on any atom is -0.462 e. The van der Waals surface area contributed by atoms with Gasteiger partial charge in [0.05, 0.1) is 6.10 Å². The maximum Gasteiger partial charge on any atom is 0.302 e. The number of hydrogen-bond donors (Lipinski definition) is 0. The molecule has 0 amide bonds. The lowest BCUT2D eigenvalue weighted by molar-refractivity contribution is -0.191. The summed E-state index contributed by atoms with van der Waals surface area (Å²) in [5.41, 5.74) is 0.512. The highest BCUT2D eigenvalue weighted by Gasteiger charge is 2.82. The van der Waals surface area contributed by atoms with Crippen molar-refractivity contribution in [3.05, 3.63) is 0 Å². The molecule has 4 aliphatic carbocycles. The van der Waals surface area contributed by atoms with Crippen molar-refractivity contribution in [2.75, 3.05) is 0 Å². The molecule has 0 aromatic rings. The van der Waals surface area contributed by atoms with Crippen LogP contribution in [0.2, 0.25) is 0 Å². The molecule has 0 unspecified atom stereocenters. The van der Waals surface area contributed by atoms with E-state index in [0.29, 0.717) is 11.5 Å². The van der Waals surface area contributed by atoms with E-state index >= 15 is 0 Å². The first-order chi connectivity index (χ1) is 15.9. The predicted octanol–water partition coefficient (Wildman–Crippen LogP) is 7.81. The molecule has 4 saturated carbocycles. The highest BCUT2D eigenvalue weighted by Crippen LogP contribution is 2.77. The van der Waals surface area contributed by atoms with Crippen molar-refractivity contribution in [2.45, 2.75) is 137 Å². The van der Waals surface area contributed by atoms with E-state index in [-0.39, 0.29) is 28.5 Å². The third-order valence-corrected chi connectivity index (χ3v) is 12.5. The van der Waals surface area contributed by atoms with E-state index in [1.54, 1.807) is 6.92 Å². The second-order valence-electron chi connectivity index (χ2n) is 14.8. The zero-order valence-corrected chi connectivity index (χ0v) is 23.4. The molecule has 0 radical (unpaired) electrons. The summed E-state index contributed by atoms with van der Waals surface area (Å²) in [4.78, 5) is 11.9. The lowest BCUT2D eigenvalue weighted by Gasteiger charge is -2.63. The molecule has 10 atom stereocenters. The van der Waals surface area contributed by atoms with Gasteiger partial charge in [-0.05, 0) is 85.9 Å². The van der Waals surface area contributed by atoms with Crippen molar-refractivity contribution in [3.63, 3.8) is 0 Å². The van der Waals surface area contributed by atoms with Crippen LogP contribution in [0.15, 0.2) is 0 Å². The molecule has 5 fully saturated rings. The molecule has 3 heteroatoms. The van der Waals surface area contributed by atoms with E-state index in [1.807, 2.05) is 0 Å². The maximum atomic E-state index is 11.9. The highest BCUT2D eigenvalue weighted by molar-refractivity contribution is 5.66. The minimum atomic E-state index is -0.142. The summed E-state index contributed by atoms with van der Waals surface area (Å²) in [7, 11) is 0. The van der Waals surface area contributed by atoms with Crippen LogP contribution in [0.25, 0.3) is 0 Å². The van der Waals surface area contributed by atoms with Crippen molar-refractivity contribution in [1.29, 1.82) is 0 Å². The Balaban J connectivity index is 1.36. The van der Waals surface area contributed by atoms with Crippen molar-refractivity contribution in [2.24, 2.45) is 51.8 Å². The number of carbonyl (C=O) groups is 1. The van der Waals surface area contributed by atoms with Gasteiger partial charge in [0, 0.05) is 17.8 Å². The molecule has 3 nitrogen and oxygen atoms in total. The topological polar surface area (TPSA) is 38.8 Å². The van der Waals surface area contributed by atoms with Gasteiger partial charge in [0.2, 0.25) is 0 Å². The fourth-order valence-corrected chi connectivity index (χ4v) is 11.0. The van der Waals surface area contributed by atoms with Crippen LogP contribution in [-0.2, 0) is 14.3 Å². The average molecular weight is 473 g/mol. The van der Waals surface area contributed by atoms with Gasteiger partial charge in [-0.2, -0.15) is 0 Å². The fraction of sp³-hybridized carbons (Fsp3) is 0.968. The number of fused-ring (bicyclic) bond motifs is 4. The summed E-state index contributed by atoms with van der Waals surface area (Å²) in [6.07, 6.45) is 13.6. The largest absolute Gasteiger partial charge is 0.462 e. The van der Waals surface area contributed by atoms with Gasteiger partial charge in [-0.3, -0.25) is 4.79 Å². The molecule has 1 saturated heterocycles. The summed E-state index contributed by atoms with van der Waals surface area (Å²) >= 11 is 0. The number of carbonyl (C=O) groups excluding carboxylic acids is 1. The zero-order valence-electron chi connectivity index (χ0n) is 23.4. The molecule has 1 spiro atoms. The molecule has 194 valence electrons. The standard InChI is InChI=1S/C31H52O3/c1-19(2)10-9-11-20(3)23-12-13-24-22-18-27-31(34-27)28(5,6)26(33-21(4)32)15-17-30(31,8)25(22)14-16-29(23,24)7/h19-20,22-27H,9-18H2,1-8H3/t20-,22+,23-,24+,25+,26+,27-,29-,30-,31+/m1/s1. The van der Waals surface area contributed by atoms with Gasteiger partial charge < -0.3 is 9.47 Å². The first kappa shape index (κ1) is 25.1. The molecule has 1 aliphatic heterocycles. The fourth-order valence-electron chi connectivity index (χ4n) is 11.0. The third kappa shape index (κ3) is 3.33. The average Bonchev–Trinajstić information content (AvgIpc) is 3.38. The van der Waals surface area contributed by atoms with Crippen molar-refractivity contribution in [3.8, 4) is 0 Å². The summed E-state index contributed by atoms with van der Waals surface area (Å²) in [5.74, 6) is 4.90. The van der Waals surface area contributed by atoms with Crippen LogP contribution in [0.4, 0.5) is 0 Å². The Morgan fingerprint density at radius 2 is 1.71 bits per heavy atom. The molecule has 0 aromatic carbocycles. The number of esters is 1. The van der Waals surface area contributed by atoms with Gasteiger partial charge in [0.25, 0.3) is 0 Å². The van der Waals surface area contributed by atoms with E-state index in [1.165, 1.54) is 51.4 Å². The highest BCUT2D eigenvalue weighted by atomic mass is 16.6. The molecular formula is C31H52O3. The van der Waals surface area contributed by atoms with Gasteiger partial charge in [-0.25, -0.2) is 0 Å². The maximum absolute atomic E-state index is 11.9. The van der Waals surface area contributed by atoms with Gasteiger partial charge in [0.1, 0.15) is 11.7 Å². The SMILES string of the molecule is CC(=O)O[C@H]1CC[C@]2(C)[C@H]3CC[C@]4(C)[C@@H]([C@H](C)CCCC(C)C)CC[C@H]4[C@@H]3C[C@H]3O[C@]32C1(C)C. The van der Waals surface area contributed by atoms with Crippen LogP contribution >= 0.6 is 0 Å². The van der Waals surface area contributed by atoms with E-state index in [4.69, 9.17) is 9.47 Å². The van der Waals surface area contributed by atoms with Crippen LogP contribution < -0.4 is 0 Å². The molecule has 5 rings (SSSR count). The van der Waals surface area contributed by atoms with Crippen LogP contribution in [0.1, 0.15) is 120 Å². The molecule has 0 bridgehead atoms. The molecule has 0 aromatic heterocycles. The Kier molecular flexibility index (Phi) is 6.07. The van der Waals surface area contributed by atoms with Gasteiger partial charge in [-0.15, -0.1) is 0 Å². The van der Waals surface area contributed by atoms with Gasteiger partial charge >= 0.3 is 5.97 Å². The van der Waals surface area contributed by atoms with Crippen molar-refractivity contribution < 1.29 is 14.3 Å². The monoisotopic (exact) mass is 472 g/mol. The van der Waals surface area contributed by atoms with Gasteiger partial charge in [-0.1, -0.05) is 67.7 Å². The lowest BCUT2D eigenvalue weighted by Crippen LogP contribution is -2.65. The summed E-state index contributed by atoms with van der Waals surface area (Å²) in [6.45, 7) is 18.8. The van der Waals surface area contributed by atoms with Crippen LogP contribution in [0, 0.1) is 51.8 Å². The van der Waals surface area contributed by atoms with E-state index in [9.17, 15) is 4.79 Å². The van der Waals surface area contributed by atoms with Crippen molar-refractivity contribution >= 4 is 5.97 Å². The van der Waals surface area contributed by atoms with E-state index < -0.39 is 0 Å². The summed E-state index contributed by atoms with van der Waals surface area (Å²) in [5, 5.41) is 0. The lowest BCUT2D eigenvalue weighted by atomic mass is 9.40. The summed E-state index contributed by atoms with van der Waals surface area (Å²) < 4.78 is 12.7. The van der Waals surface area contributed by atoms with Crippen LogP contribution in [0.5, 0.6) is 0 Å². The minimum absolute atomic E-state index is 0.0176. The predicted molar refractivity (Wildman–Crippen MR) is 137 cm³/mol. The van der Waals surface area contributed by atoms with E-state index in [0.717, 1.165) is 48.3 Å². The third-order valence-electron chi connectivity index (χ3n) is 12.5.